The van der Waals surface area contributed by atoms with E-state index in [1.807, 2.05) is 47.5 Å². The van der Waals surface area contributed by atoms with Crippen molar-refractivity contribution >= 4 is 23.4 Å². The third-order valence-corrected chi connectivity index (χ3v) is 7.69. The first kappa shape index (κ1) is 28.7. The Balaban J connectivity index is 1.54. The maximum absolute atomic E-state index is 13.7. The van der Waals surface area contributed by atoms with E-state index in [9.17, 15) is 22.8 Å². The van der Waals surface area contributed by atoms with Gasteiger partial charge in [-0.05, 0) is 61.7 Å². The molecule has 208 valence electrons. The molecular formula is C30H33ClF3N3O2. The predicted octanol–water partition coefficient (Wildman–Crippen LogP) is 7.03. The summed E-state index contributed by atoms with van der Waals surface area (Å²) >= 11 is 6.38. The van der Waals surface area contributed by atoms with Crippen molar-refractivity contribution in [3.63, 3.8) is 0 Å². The third-order valence-electron chi connectivity index (χ3n) is 7.32. The molecule has 0 saturated heterocycles. The number of amides is 2. The van der Waals surface area contributed by atoms with Gasteiger partial charge in [-0.25, -0.2) is 0 Å². The lowest BCUT2D eigenvalue weighted by molar-refractivity contribution is -0.138. The van der Waals surface area contributed by atoms with Crippen molar-refractivity contribution in [3.8, 4) is 0 Å². The molecule has 3 aromatic rings. The molecule has 5 nitrogen and oxygen atoms in total. The Hall–Kier alpha value is -3.26. The summed E-state index contributed by atoms with van der Waals surface area (Å²) in [6.07, 6.45) is 2.33. The van der Waals surface area contributed by atoms with Crippen molar-refractivity contribution in [1.82, 2.24) is 14.4 Å². The zero-order chi connectivity index (χ0) is 28.0. The molecule has 1 heterocycles. The lowest BCUT2D eigenvalue weighted by Gasteiger charge is -2.36. The number of hydrogen-bond acceptors (Lipinski definition) is 2. The van der Waals surface area contributed by atoms with E-state index in [2.05, 4.69) is 4.57 Å². The van der Waals surface area contributed by atoms with Crippen LogP contribution in [-0.2, 0) is 24.1 Å². The standard InChI is InChI=1S/C30H33ClF3N3O2/c1-2-35(29(39)22-11-8-12-24(18-22)30(32,33)34)21-28(38)37(25-13-4-3-5-14-25)20-26-15-9-17-36(26)19-23-10-6-7-16-27(23)31/h6-12,15-18,25H,2-5,13-14,19-21H2,1H3. The van der Waals surface area contributed by atoms with Crippen LogP contribution in [0.5, 0.6) is 0 Å². The molecule has 2 amide bonds. The highest BCUT2D eigenvalue weighted by Crippen LogP contribution is 2.30. The summed E-state index contributed by atoms with van der Waals surface area (Å²) in [4.78, 5) is 30.1. The highest BCUT2D eigenvalue weighted by molar-refractivity contribution is 6.31. The minimum atomic E-state index is -4.56. The first-order chi connectivity index (χ1) is 18.7. The Kier molecular flexibility index (Phi) is 9.38. The van der Waals surface area contributed by atoms with E-state index in [1.165, 1.54) is 17.0 Å². The van der Waals surface area contributed by atoms with Gasteiger partial charge in [0.05, 0.1) is 12.1 Å². The number of nitrogens with zero attached hydrogens (tertiary/aromatic N) is 3. The van der Waals surface area contributed by atoms with Gasteiger partial charge in [0.2, 0.25) is 5.91 Å². The molecule has 2 aromatic carbocycles. The molecule has 0 atom stereocenters. The van der Waals surface area contributed by atoms with Gasteiger partial charge in [-0.2, -0.15) is 13.2 Å². The quantitative estimate of drug-likeness (QED) is 0.282. The SMILES string of the molecule is CCN(CC(=O)N(Cc1cccn1Cc1ccccc1Cl)C1CCCCC1)C(=O)c1cccc(C(F)(F)F)c1. The van der Waals surface area contributed by atoms with Crippen LogP contribution in [0.15, 0.2) is 66.9 Å². The van der Waals surface area contributed by atoms with Gasteiger partial charge in [-0.1, -0.05) is 55.1 Å². The largest absolute Gasteiger partial charge is 0.416 e. The fourth-order valence-electron chi connectivity index (χ4n) is 5.14. The summed E-state index contributed by atoms with van der Waals surface area (Å²) < 4.78 is 41.7. The number of carbonyl (C=O) groups is 2. The Labute approximate surface area is 232 Å². The monoisotopic (exact) mass is 559 g/mol. The minimum absolute atomic E-state index is 0.0391. The normalized spacial score (nSPS) is 14.3. The van der Waals surface area contributed by atoms with Gasteiger partial charge in [0.15, 0.2) is 0 Å². The molecule has 1 aliphatic carbocycles. The Morgan fingerprint density at radius 3 is 2.44 bits per heavy atom. The number of carbonyl (C=O) groups excluding carboxylic acids is 2. The molecule has 1 saturated carbocycles. The van der Waals surface area contributed by atoms with Crippen LogP contribution in [0.2, 0.25) is 5.02 Å². The van der Waals surface area contributed by atoms with Crippen molar-refractivity contribution in [3.05, 3.63) is 94.3 Å². The van der Waals surface area contributed by atoms with Crippen molar-refractivity contribution < 1.29 is 22.8 Å². The van der Waals surface area contributed by atoms with Crippen molar-refractivity contribution in [1.29, 1.82) is 0 Å². The lowest BCUT2D eigenvalue weighted by atomic mass is 9.94. The van der Waals surface area contributed by atoms with Crippen LogP contribution in [0, 0.1) is 0 Å². The summed E-state index contributed by atoms with van der Waals surface area (Å²) in [6.45, 7) is 2.65. The smallest absolute Gasteiger partial charge is 0.345 e. The van der Waals surface area contributed by atoms with Gasteiger partial charge < -0.3 is 14.4 Å². The molecule has 39 heavy (non-hydrogen) atoms. The Morgan fingerprint density at radius 1 is 1.00 bits per heavy atom. The zero-order valence-electron chi connectivity index (χ0n) is 22.0. The number of aromatic nitrogens is 1. The molecule has 0 spiro atoms. The van der Waals surface area contributed by atoms with Crippen LogP contribution in [0.1, 0.15) is 66.2 Å². The molecule has 0 radical (unpaired) electrons. The minimum Gasteiger partial charge on any atom is -0.345 e. The molecule has 0 bridgehead atoms. The topological polar surface area (TPSA) is 45.6 Å². The maximum Gasteiger partial charge on any atom is 0.416 e. The molecule has 0 N–H and O–H groups in total. The summed E-state index contributed by atoms with van der Waals surface area (Å²) in [5.74, 6) is -0.808. The van der Waals surface area contributed by atoms with E-state index < -0.39 is 17.6 Å². The van der Waals surface area contributed by atoms with E-state index in [0.29, 0.717) is 18.1 Å². The first-order valence-corrected chi connectivity index (χ1v) is 13.7. The molecule has 4 rings (SSSR count). The summed E-state index contributed by atoms with van der Waals surface area (Å²) in [6, 6.07) is 15.9. The number of benzene rings is 2. The number of alkyl halides is 3. The molecule has 1 aliphatic rings. The Morgan fingerprint density at radius 2 is 1.74 bits per heavy atom. The summed E-state index contributed by atoms with van der Waals surface area (Å²) in [7, 11) is 0. The second-order valence-corrected chi connectivity index (χ2v) is 10.3. The van der Waals surface area contributed by atoms with Gasteiger partial charge in [-0.15, -0.1) is 0 Å². The van der Waals surface area contributed by atoms with Crippen LogP contribution >= 0.6 is 11.6 Å². The first-order valence-electron chi connectivity index (χ1n) is 13.3. The van der Waals surface area contributed by atoms with E-state index in [4.69, 9.17) is 11.6 Å². The average molecular weight is 560 g/mol. The van der Waals surface area contributed by atoms with Crippen molar-refractivity contribution in [2.24, 2.45) is 0 Å². The van der Waals surface area contributed by atoms with Gasteiger partial charge in [0.1, 0.15) is 6.54 Å². The average Bonchev–Trinajstić information content (AvgIpc) is 3.37. The molecular weight excluding hydrogens is 527 g/mol. The van der Waals surface area contributed by atoms with E-state index in [0.717, 1.165) is 55.5 Å². The van der Waals surface area contributed by atoms with E-state index >= 15 is 0 Å². The van der Waals surface area contributed by atoms with Crippen LogP contribution in [0.4, 0.5) is 13.2 Å². The van der Waals surface area contributed by atoms with Crippen LogP contribution in [-0.4, -0.2) is 45.3 Å². The second kappa shape index (κ2) is 12.7. The van der Waals surface area contributed by atoms with Gasteiger partial charge >= 0.3 is 6.18 Å². The molecule has 1 aromatic heterocycles. The molecule has 1 fully saturated rings. The predicted molar refractivity (Wildman–Crippen MR) is 145 cm³/mol. The van der Waals surface area contributed by atoms with Crippen molar-refractivity contribution in [2.45, 2.75) is 64.3 Å². The zero-order valence-corrected chi connectivity index (χ0v) is 22.7. The molecule has 0 unspecified atom stereocenters. The Bertz CT molecular complexity index is 1280. The number of likely N-dealkylation sites (N-methyl/N-ethyl adjacent to an activating group) is 1. The van der Waals surface area contributed by atoms with Crippen LogP contribution in [0.3, 0.4) is 0 Å². The summed E-state index contributed by atoms with van der Waals surface area (Å²) in [5.41, 5.74) is 0.938. The van der Waals surface area contributed by atoms with Gasteiger partial charge in [-0.3, -0.25) is 9.59 Å². The fourth-order valence-corrected chi connectivity index (χ4v) is 5.33. The maximum atomic E-state index is 13.7. The third kappa shape index (κ3) is 7.24. The highest BCUT2D eigenvalue weighted by Gasteiger charge is 2.32. The second-order valence-electron chi connectivity index (χ2n) is 9.93. The van der Waals surface area contributed by atoms with Gasteiger partial charge in [0, 0.05) is 41.6 Å². The van der Waals surface area contributed by atoms with Crippen LogP contribution < -0.4 is 0 Å². The molecule has 0 aliphatic heterocycles. The number of halogens is 4. The van der Waals surface area contributed by atoms with Crippen LogP contribution in [0.25, 0.3) is 0 Å². The number of rotatable bonds is 9. The molecule has 9 heteroatoms. The fraction of sp³-hybridized carbons (Fsp3) is 0.400. The van der Waals surface area contributed by atoms with E-state index in [1.54, 1.807) is 6.92 Å². The van der Waals surface area contributed by atoms with Gasteiger partial charge in [0.25, 0.3) is 5.91 Å². The summed E-state index contributed by atoms with van der Waals surface area (Å²) in [5, 5.41) is 0.670. The lowest BCUT2D eigenvalue weighted by Crippen LogP contribution is -2.47. The highest BCUT2D eigenvalue weighted by atomic mass is 35.5. The van der Waals surface area contributed by atoms with E-state index in [-0.39, 0.29) is 30.6 Å². The van der Waals surface area contributed by atoms with Crippen molar-refractivity contribution in [2.75, 3.05) is 13.1 Å². The number of hydrogen-bond donors (Lipinski definition) is 0.